The van der Waals surface area contributed by atoms with Gasteiger partial charge >= 0.3 is 18.0 Å². The first-order valence-corrected chi connectivity index (χ1v) is 9.07. The second-order valence-electron chi connectivity index (χ2n) is 6.57. The molecule has 6 nitrogen and oxygen atoms in total. The molecule has 0 amide bonds. The van der Waals surface area contributed by atoms with Crippen LogP contribution in [0.1, 0.15) is 36.4 Å². The van der Waals surface area contributed by atoms with Gasteiger partial charge in [0.1, 0.15) is 11.3 Å². The lowest BCUT2D eigenvalue weighted by atomic mass is 10.0. The van der Waals surface area contributed by atoms with Crippen LogP contribution in [0.2, 0.25) is 0 Å². The fourth-order valence-electron chi connectivity index (χ4n) is 3.08. The molecule has 0 atom stereocenters. The number of nitrogens with one attached hydrogen (secondary N) is 1. The predicted octanol–water partition coefficient (Wildman–Crippen LogP) is 4.13. The SMILES string of the molecule is CCn1c(=O)c2[nH]c(/C=C/c3cc(C(F)(F)F)cc(C(F)(F)F)c3)nc2n(CC)c1=O. The molecular formula is C19H16F6N4O2. The monoisotopic (exact) mass is 446 g/mol. The lowest BCUT2D eigenvalue weighted by molar-refractivity contribution is -0.143. The number of aryl methyl sites for hydroxylation is 1. The van der Waals surface area contributed by atoms with E-state index < -0.39 is 34.7 Å². The Morgan fingerprint density at radius 2 is 1.45 bits per heavy atom. The van der Waals surface area contributed by atoms with E-state index in [2.05, 4.69) is 9.97 Å². The number of nitrogens with zero attached hydrogens (tertiary/aromatic N) is 3. The third kappa shape index (κ3) is 4.28. The number of benzene rings is 1. The maximum Gasteiger partial charge on any atom is 0.416 e. The molecule has 0 unspecified atom stereocenters. The van der Waals surface area contributed by atoms with Crippen molar-refractivity contribution in [3.8, 4) is 0 Å². The van der Waals surface area contributed by atoms with Gasteiger partial charge in [-0.15, -0.1) is 0 Å². The zero-order valence-corrected chi connectivity index (χ0v) is 16.2. The van der Waals surface area contributed by atoms with Gasteiger partial charge in [0.05, 0.1) is 11.1 Å². The summed E-state index contributed by atoms with van der Waals surface area (Å²) in [6.07, 6.45) is -7.79. The lowest BCUT2D eigenvalue weighted by Gasteiger charge is -2.12. The quantitative estimate of drug-likeness (QED) is 0.613. The second kappa shape index (κ2) is 7.75. The fourth-order valence-corrected chi connectivity index (χ4v) is 3.08. The van der Waals surface area contributed by atoms with Crippen LogP contribution in [0.4, 0.5) is 26.3 Å². The number of alkyl halides is 6. The summed E-state index contributed by atoms with van der Waals surface area (Å²) in [5, 5.41) is 0. The Hall–Kier alpha value is -3.31. The van der Waals surface area contributed by atoms with Gasteiger partial charge in [-0.05, 0) is 43.7 Å². The van der Waals surface area contributed by atoms with Crippen molar-refractivity contribution in [3.63, 3.8) is 0 Å². The highest BCUT2D eigenvalue weighted by Gasteiger charge is 2.36. The number of rotatable bonds is 4. The van der Waals surface area contributed by atoms with Crippen LogP contribution in [0.3, 0.4) is 0 Å². The van der Waals surface area contributed by atoms with Crippen LogP contribution in [0, 0.1) is 0 Å². The summed E-state index contributed by atoms with van der Waals surface area (Å²) in [6, 6.07) is 1.17. The van der Waals surface area contributed by atoms with Crippen molar-refractivity contribution in [2.45, 2.75) is 39.3 Å². The first kappa shape index (κ1) is 22.4. The van der Waals surface area contributed by atoms with Gasteiger partial charge in [-0.3, -0.25) is 13.9 Å². The van der Waals surface area contributed by atoms with Crippen LogP contribution in [0.15, 0.2) is 27.8 Å². The smallest absolute Gasteiger partial charge is 0.333 e. The number of aromatic nitrogens is 4. The molecule has 0 aliphatic rings. The Labute approximate surface area is 170 Å². The average Bonchev–Trinajstić information content (AvgIpc) is 3.10. The standard InChI is InChI=1S/C19H16F6N4O2/c1-3-28-15-14(16(30)29(4-2)17(28)31)26-13(27-15)6-5-10-7-11(18(20,21)22)9-12(8-10)19(23,24)25/h5-9H,3-4H2,1-2H3,(H,26,27)/b6-5+. The summed E-state index contributed by atoms with van der Waals surface area (Å²) in [7, 11) is 0. The van der Waals surface area contributed by atoms with E-state index in [9.17, 15) is 35.9 Å². The predicted molar refractivity (Wildman–Crippen MR) is 101 cm³/mol. The van der Waals surface area contributed by atoms with Gasteiger partial charge < -0.3 is 4.98 Å². The van der Waals surface area contributed by atoms with E-state index >= 15 is 0 Å². The normalized spacial score (nSPS) is 12.9. The van der Waals surface area contributed by atoms with Crippen molar-refractivity contribution < 1.29 is 26.3 Å². The number of fused-ring (bicyclic) bond motifs is 1. The molecule has 12 heteroatoms. The van der Waals surface area contributed by atoms with E-state index in [0.717, 1.165) is 16.7 Å². The molecule has 0 saturated carbocycles. The summed E-state index contributed by atoms with van der Waals surface area (Å²) >= 11 is 0. The van der Waals surface area contributed by atoms with Crippen molar-refractivity contribution in [3.05, 3.63) is 61.6 Å². The highest BCUT2D eigenvalue weighted by Crippen LogP contribution is 2.36. The van der Waals surface area contributed by atoms with Gasteiger partial charge in [0.2, 0.25) is 0 Å². The number of imidazole rings is 1. The third-order valence-corrected chi connectivity index (χ3v) is 4.56. The van der Waals surface area contributed by atoms with Gasteiger partial charge in [0, 0.05) is 13.1 Å². The van der Waals surface area contributed by atoms with E-state index in [-0.39, 0.29) is 41.7 Å². The zero-order chi connectivity index (χ0) is 23.1. The van der Waals surface area contributed by atoms with Crippen LogP contribution in [-0.2, 0) is 25.4 Å². The van der Waals surface area contributed by atoms with Crippen LogP contribution in [0.25, 0.3) is 23.3 Å². The first-order valence-electron chi connectivity index (χ1n) is 9.07. The molecule has 2 heterocycles. The Morgan fingerprint density at radius 1 is 0.903 bits per heavy atom. The Morgan fingerprint density at radius 3 is 1.94 bits per heavy atom. The zero-order valence-electron chi connectivity index (χ0n) is 16.2. The fraction of sp³-hybridized carbons (Fsp3) is 0.316. The number of halogens is 6. The van der Waals surface area contributed by atoms with E-state index in [1.165, 1.54) is 4.57 Å². The molecule has 3 rings (SSSR count). The van der Waals surface area contributed by atoms with Crippen molar-refractivity contribution in [1.82, 2.24) is 19.1 Å². The van der Waals surface area contributed by atoms with Gasteiger partial charge in [0.15, 0.2) is 5.65 Å². The molecule has 1 aromatic carbocycles. The van der Waals surface area contributed by atoms with Crippen LogP contribution in [0.5, 0.6) is 0 Å². The number of hydrogen-bond donors (Lipinski definition) is 1. The molecule has 31 heavy (non-hydrogen) atoms. The van der Waals surface area contributed by atoms with Gasteiger partial charge in [0.25, 0.3) is 5.56 Å². The van der Waals surface area contributed by atoms with Crippen LogP contribution in [-0.4, -0.2) is 19.1 Å². The topological polar surface area (TPSA) is 72.7 Å². The highest BCUT2D eigenvalue weighted by molar-refractivity contribution is 5.75. The van der Waals surface area contributed by atoms with Crippen molar-refractivity contribution in [1.29, 1.82) is 0 Å². The number of aromatic amines is 1. The number of H-pyrrole nitrogens is 1. The molecule has 0 bridgehead atoms. The van der Waals surface area contributed by atoms with Crippen LogP contribution >= 0.6 is 0 Å². The van der Waals surface area contributed by atoms with Gasteiger partial charge in [-0.25, -0.2) is 9.78 Å². The molecule has 0 fully saturated rings. The molecule has 2 aromatic heterocycles. The van der Waals surface area contributed by atoms with E-state index in [1.807, 2.05) is 0 Å². The largest absolute Gasteiger partial charge is 0.416 e. The Bertz CT molecular complexity index is 1250. The maximum absolute atomic E-state index is 13.0. The first-order chi connectivity index (χ1) is 14.4. The summed E-state index contributed by atoms with van der Waals surface area (Å²) in [6.45, 7) is 3.59. The molecule has 0 aliphatic carbocycles. The molecular weight excluding hydrogens is 430 g/mol. The minimum absolute atomic E-state index is 0.00275. The second-order valence-corrected chi connectivity index (χ2v) is 6.57. The molecule has 166 valence electrons. The van der Waals surface area contributed by atoms with Gasteiger partial charge in [-0.2, -0.15) is 26.3 Å². The summed E-state index contributed by atoms with van der Waals surface area (Å²) in [5.41, 5.74) is -4.41. The van der Waals surface area contributed by atoms with Crippen molar-refractivity contribution in [2.75, 3.05) is 0 Å². The average molecular weight is 446 g/mol. The molecule has 1 N–H and O–H groups in total. The highest BCUT2D eigenvalue weighted by atomic mass is 19.4. The minimum atomic E-state index is -4.97. The molecule has 0 radical (unpaired) electrons. The molecule has 0 aliphatic heterocycles. The lowest BCUT2D eigenvalue weighted by Crippen LogP contribution is -2.39. The third-order valence-electron chi connectivity index (χ3n) is 4.56. The summed E-state index contributed by atoms with van der Waals surface area (Å²) in [4.78, 5) is 31.6. The van der Waals surface area contributed by atoms with Crippen LogP contribution < -0.4 is 11.2 Å². The van der Waals surface area contributed by atoms with Crippen molar-refractivity contribution >= 4 is 23.3 Å². The maximum atomic E-state index is 13.0. The summed E-state index contributed by atoms with van der Waals surface area (Å²) in [5.74, 6) is -0.00600. The Balaban J connectivity index is 2.13. The molecule has 3 aromatic rings. The Kier molecular flexibility index (Phi) is 5.59. The summed E-state index contributed by atoms with van der Waals surface area (Å²) < 4.78 is 80.2. The molecule has 0 spiro atoms. The van der Waals surface area contributed by atoms with Crippen molar-refractivity contribution in [2.24, 2.45) is 0 Å². The van der Waals surface area contributed by atoms with E-state index in [1.54, 1.807) is 13.8 Å². The molecule has 0 saturated heterocycles. The van der Waals surface area contributed by atoms with E-state index in [4.69, 9.17) is 0 Å². The van der Waals surface area contributed by atoms with Gasteiger partial charge in [-0.1, -0.05) is 6.08 Å². The number of hydrogen-bond acceptors (Lipinski definition) is 3. The minimum Gasteiger partial charge on any atom is -0.333 e. The van der Waals surface area contributed by atoms with E-state index in [0.29, 0.717) is 12.1 Å².